The largest absolute Gasteiger partial charge is 0.338 e. The van der Waals surface area contributed by atoms with Crippen molar-refractivity contribution >= 4 is 11.8 Å². The first-order valence-electron chi connectivity index (χ1n) is 4.26. The SMILES string of the molecule is CSCc1noc(CNC(C)C)n1. The summed E-state index contributed by atoms with van der Waals surface area (Å²) in [4.78, 5) is 4.21. The summed E-state index contributed by atoms with van der Waals surface area (Å²) in [5, 5.41) is 7.05. The number of aromatic nitrogens is 2. The molecule has 1 aromatic heterocycles. The van der Waals surface area contributed by atoms with E-state index in [4.69, 9.17) is 4.52 Å². The molecule has 1 rings (SSSR count). The van der Waals surface area contributed by atoms with Crippen molar-refractivity contribution in [1.82, 2.24) is 15.5 Å². The third kappa shape index (κ3) is 3.78. The minimum atomic E-state index is 0.441. The highest BCUT2D eigenvalue weighted by Gasteiger charge is 2.05. The molecule has 0 saturated carbocycles. The molecule has 13 heavy (non-hydrogen) atoms. The molecule has 0 saturated heterocycles. The molecular formula is C8H15N3OS. The zero-order chi connectivity index (χ0) is 9.68. The molecule has 0 radical (unpaired) electrons. The molecule has 0 aromatic carbocycles. The van der Waals surface area contributed by atoms with Crippen LogP contribution in [0.4, 0.5) is 0 Å². The maximum atomic E-state index is 5.03. The van der Waals surface area contributed by atoms with E-state index in [2.05, 4.69) is 29.3 Å². The number of nitrogens with one attached hydrogen (secondary N) is 1. The molecule has 1 heterocycles. The lowest BCUT2D eigenvalue weighted by molar-refractivity contribution is 0.358. The van der Waals surface area contributed by atoms with Gasteiger partial charge in [0.05, 0.1) is 12.3 Å². The topological polar surface area (TPSA) is 51.0 Å². The first-order valence-corrected chi connectivity index (χ1v) is 5.65. The Balaban J connectivity index is 2.39. The average Bonchev–Trinajstić information content (AvgIpc) is 2.50. The van der Waals surface area contributed by atoms with Gasteiger partial charge in [0.25, 0.3) is 0 Å². The lowest BCUT2D eigenvalue weighted by Crippen LogP contribution is -2.21. The Morgan fingerprint density at radius 1 is 1.54 bits per heavy atom. The molecule has 1 aromatic rings. The highest BCUT2D eigenvalue weighted by atomic mass is 32.2. The van der Waals surface area contributed by atoms with Crippen LogP contribution < -0.4 is 5.32 Å². The Labute approximate surface area is 82.5 Å². The van der Waals surface area contributed by atoms with Crippen LogP contribution in [0.5, 0.6) is 0 Å². The molecule has 74 valence electrons. The third-order valence-electron chi connectivity index (χ3n) is 1.45. The van der Waals surface area contributed by atoms with Crippen molar-refractivity contribution in [2.45, 2.75) is 32.2 Å². The second-order valence-corrected chi connectivity index (χ2v) is 3.94. The molecule has 5 heteroatoms. The van der Waals surface area contributed by atoms with Gasteiger partial charge in [0.1, 0.15) is 0 Å². The van der Waals surface area contributed by atoms with E-state index in [1.165, 1.54) is 0 Å². The molecule has 0 atom stereocenters. The Hall–Kier alpha value is -0.550. The van der Waals surface area contributed by atoms with Gasteiger partial charge in [-0.2, -0.15) is 16.7 Å². The van der Waals surface area contributed by atoms with Crippen LogP contribution in [-0.2, 0) is 12.3 Å². The number of thioether (sulfide) groups is 1. The van der Waals surface area contributed by atoms with E-state index >= 15 is 0 Å². The van der Waals surface area contributed by atoms with Crippen LogP contribution >= 0.6 is 11.8 Å². The first kappa shape index (κ1) is 10.5. The van der Waals surface area contributed by atoms with E-state index in [-0.39, 0.29) is 0 Å². The minimum Gasteiger partial charge on any atom is -0.338 e. The van der Waals surface area contributed by atoms with Gasteiger partial charge in [0.15, 0.2) is 5.82 Å². The normalized spacial score (nSPS) is 11.1. The lowest BCUT2D eigenvalue weighted by Gasteiger charge is -2.02. The lowest BCUT2D eigenvalue weighted by atomic mass is 10.4. The molecule has 0 aliphatic heterocycles. The summed E-state index contributed by atoms with van der Waals surface area (Å²) in [5.41, 5.74) is 0. The van der Waals surface area contributed by atoms with E-state index in [1.807, 2.05) is 6.26 Å². The molecule has 0 aliphatic carbocycles. The second kappa shape index (κ2) is 5.24. The molecular weight excluding hydrogens is 186 g/mol. The molecule has 0 bridgehead atoms. The molecule has 0 unspecified atom stereocenters. The van der Waals surface area contributed by atoms with Crippen LogP contribution in [0.3, 0.4) is 0 Å². The van der Waals surface area contributed by atoms with Crippen LogP contribution in [0.25, 0.3) is 0 Å². The van der Waals surface area contributed by atoms with Crippen LogP contribution in [0.1, 0.15) is 25.6 Å². The number of nitrogens with zero attached hydrogens (tertiary/aromatic N) is 2. The predicted octanol–water partition coefficient (Wildman–Crippen LogP) is 1.43. The van der Waals surface area contributed by atoms with E-state index in [1.54, 1.807) is 11.8 Å². The smallest absolute Gasteiger partial charge is 0.240 e. The zero-order valence-electron chi connectivity index (χ0n) is 8.20. The standard InChI is InChI=1S/C8H15N3OS/c1-6(2)9-4-8-10-7(5-13-3)11-12-8/h6,9H,4-5H2,1-3H3. The van der Waals surface area contributed by atoms with E-state index in [0.29, 0.717) is 18.5 Å². The van der Waals surface area contributed by atoms with Crippen LogP contribution in [0, 0.1) is 0 Å². The first-order chi connectivity index (χ1) is 6.22. The van der Waals surface area contributed by atoms with Crippen LogP contribution in [-0.4, -0.2) is 22.4 Å². The van der Waals surface area contributed by atoms with Crippen molar-refractivity contribution in [3.63, 3.8) is 0 Å². The zero-order valence-corrected chi connectivity index (χ0v) is 9.02. The maximum Gasteiger partial charge on any atom is 0.240 e. The van der Waals surface area contributed by atoms with Gasteiger partial charge in [0, 0.05) is 6.04 Å². The summed E-state index contributed by atoms with van der Waals surface area (Å²) in [6.45, 7) is 4.82. The maximum absolute atomic E-state index is 5.03. The minimum absolute atomic E-state index is 0.441. The van der Waals surface area contributed by atoms with Crippen LogP contribution in [0.15, 0.2) is 4.52 Å². The molecule has 0 fully saturated rings. The van der Waals surface area contributed by atoms with Gasteiger partial charge in [-0.1, -0.05) is 19.0 Å². The highest BCUT2D eigenvalue weighted by molar-refractivity contribution is 7.97. The van der Waals surface area contributed by atoms with Gasteiger partial charge in [-0.25, -0.2) is 0 Å². The summed E-state index contributed by atoms with van der Waals surface area (Å²) >= 11 is 1.69. The van der Waals surface area contributed by atoms with Gasteiger partial charge in [-0.3, -0.25) is 0 Å². The van der Waals surface area contributed by atoms with Crippen molar-refractivity contribution in [3.05, 3.63) is 11.7 Å². The number of hydrogen-bond donors (Lipinski definition) is 1. The van der Waals surface area contributed by atoms with Crippen molar-refractivity contribution in [2.24, 2.45) is 0 Å². The predicted molar refractivity (Wildman–Crippen MR) is 53.5 cm³/mol. The molecule has 0 amide bonds. The average molecular weight is 201 g/mol. The Morgan fingerprint density at radius 2 is 2.31 bits per heavy atom. The Kier molecular flexibility index (Phi) is 4.24. The summed E-state index contributed by atoms with van der Waals surface area (Å²) in [7, 11) is 0. The highest BCUT2D eigenvalue weighted by Crippen LogP contribution is 2.05. The van der Waals surface area contributed by atoms with Crippen LogP contribution in [0.2, 0.25) is 0 Å². The summed E-state index contributed by atoms with van der Waals surface area (Å²) in [6, 6.07) is 0.441. The van der Waals surface area contributed by atoms with Crippen molar-refractivity contribution in [1.29, 1.82) is 0 Å². The molecule has 0 spiro atoms. The third-order valence-corrected chi connectivity index (χ3v) is 1.99. The Bertz CT molecular complexity index is 249. The molecule has 0 aliphatic rings. The fourth-order valence-corrected chi connectivity index (χ4v) is 1.22. The number of hydrogen-bond acceptors (Lipinski definition) is 5. The summed E-state index contributed by atoms with van der Waals surface area (Å²) in [6.07, 6.45) is 2.02. The molecule has 1 N–H and O–H groups in total. The van der Waals surface area contributed by atoms with Crippen molar-refractivity contribution in [3.8, 4) is 0 Å². The van der Waals surface area contributed by atoms with E-state index in [9.17, 15) is 0 Å². The fourth-order valence-electron chi connectivity index (χ4n) is 0.841. The fraction of sp³-hybridized carbons (Fsp3) is 0.750. The summed E-state index contributed by atoms with van der Waals surface area (Å²) in [5.74, 6) is 2.25. The van der Waals surface area contributed by atoms with Gasteiger partial charge >= 0.3 is 0 Å². The second-order valence-electron chi connectivity index (χ2n) is 3.07. The van der Waals surface area contributed by atoms with Gasteiger partial charge in [0.2, 0.25) is 5.89 Å². The van der Waals surface area contributed by atoms with Crippen molar-refractivity contribution < 1.29 is 4.52 Å². The quantitative estimate of drug-likeness (QED) is 0.781. The molecule has 4 nitrogen and oxygen atoms in total. The van der Waals surface area contributed by atoms with Crippen molar-refractivity contribution in [2.75, 3.05) is 6.26 Å². The van der Waals surface area contributed by atoms with E-state index < -0.39 is 0 Å². The van der Waals surface area contributed by atoms with Gasteiger partial charge in [-0.15, -0.1) is 0 Å². The van der Waals surface area contributed by atoms with Gasteiger partial charge in [-0.05, 0) is 6.26 Å². The van der Waals surface area contributed by atoms with Gasteiger partial charge < -0.3 is 9.84 Å². The monoisotopic (exact) mass is 201 g/mol. The Morgan fingerprint density at radius 3 is 2.92 bits per heavy atom. The van der Waals surface area contributed by atoms with E-state index in [0.717, 1.165) is 11.6 Å². The summed E-state index contributed by atoms with van der Waals surface area (Å²) < 4.78 is 5.03. The number of rotatable bonds is 5.